The van der Waals surface area contributed by atoms with Crippen molar-refractivity contribution >= 4 is 11.0 Å². The second-order valence-corrected chi connectivity index (χ2v) is 4.99. The summed E-state index contributed by atoms with van der Waals surface area (Å²) in [6.07, 6.45) is 1.58. The van der Waals surface area contributed by atoms with E-state index in [2.05, 4.69) is 16.0 Å². The molecule has 0 aliphatic rings. The summed E-state index contributed by atoms with van der Waals surface area (Å²) >= 11 is 0. The van der Waals surface area contributed by atoms with Gasteiger partial charge in [-0.2, -0.15) is 0 Å². The molecule has 0 amide bonds. The van der Waals surface area contributed by atoms with Crippen LogP contribution in [0.5, 0.6) is 0 Å². The summed E-state index contributed by atoms with van der Waals surface area (Å²) in [5.41, 5.74) is 4.57. The zero-order chi connectivity index (χ0) is 13.9. The molecule has 0 aliphatic carbocycles. The lowest BCUT2D eigenvalue weighted by Gasteiger charge is -2.11. The molecule has 0 radical (unpaired) electrons. The van der Waals surface area contributed by atoms with Crippen LogP contribution in [0.15, 0.2) is 54.7 Å². The third-order valence-electron chi connectivity index (χ3n) is 3.32. The SMILES string of the molecule is Cc1cccc(CC(O)c2cnc3ccccc3n2)c1. The standard InChI is InChI=1S/C17H16N2O/c1-12-5-4-6-13(9-12)10-17(20)16-11-18-14-7-2-3-8-15(14)19-16/h2-9,11,17,20H,10H2,1H3. The number of aromatic nitrogens is 2. The highest BCUT2D eigenvalue weighted by molar-refractivity contribution is 5.73. The van der Waals surface area contributed by atoms with E-state index in [1.807, 2.05) is 49.4 Å². The fraction of sp³-hybridized carbons (Fsp3) is 0.176. The van der Waals surface area contributed by atoms with E-state index >= 15 is 0 Å². The highest BCUT2D eigenvalue weighted by Crippen LogP contribution is 2.18. The first-order chi connectivity index (χ1) is 9.72. The molecule has 2 aromatic carbocycles. The molecule has 3 rings (SSSR count). The molecule has 100 valence electrons. The maximum atomic E-state index is 10.3. The van der Waals surface area contributed by atoms with Crippen LogP contribution in [0.4, 0.5) is 0 Å². The van der Waals surface area contributed by atoms with Gasteiger partial charge in [0.25, 0.3) is 0 Å². The highest BCUT2D eigenvalue weighted by atomic mass is 16.3. The molecule has 0 saturated heterocycles. The molecular weight excluding hydrogens is 248 g/mol. The minimum absolute atomic E-state index is 0.550. The van der Waals surface area contributed by atoms with Gasteiger partial charge in [-0.15, -0.1) is 0 Å². The maximum Gasteiger partial charge on any atom is 0.102 e. The van der Waals surface area contributed by atoms with Gasteiger partial charge in [0.15, 0.2) is 0 Å². The Morgan fingerprint density at radius 3 is 2.65 bits per heavy atom. The van der Waals surface area contributed by atoms with Crippen LogP contribution in [0, 0.1) is 6.92 Å². The Kier molecular flexibility index (Phi) is 3.44. The fourth-order valence-electron chi connectivity index (χ4n) is 2.30. The first-order valence-corrected chi connectivity index (χ1v) is 6.68. The molecule has 0 spiro atoms. The zero-order valence-electron chi connectivity index (χ0n) is 11.3. The summed E-state index contributed by atoms with van der Waals surface area (Å²) in [4.78, 5) is 8.82. The number of rotatable bonds is 3. The molecule has 3 aromatic rings. The van der Waals surface area contributed by atoms with Crippen LogP contribution >= 0.6 is 0 Å². The molecule has 1 unspecified atom stereocenters. The van der Waals surface area contributed by atoms with Gasteiger partial charge in [0.2, 0.25) is 0 Å². The van der Waals surface area contributed by atoms with E-state index in [0.717, 1.165) is 16.6 Å². The van der Waals surface area contributed by atoms with E-state index in [1.54, 1.807) is 6.20 Å². The van der Waals surface area contributed by atoms with Crippen LogP contribution in [-0.2, 0) is 6.42 Å². The van der Waals surface area contributed by atoms with Crippen LogP contribution < -0.4 is 0 Å². The number of para-hydroxylation sites is 2. The van der Waals surface area contributed by atoms with Crippen LogP contribution in [0.25, 0.3) is 11.0 Å². The van der Waals surface area contributed by atoms with E-state index in [-0.39, 0.29) is 0 Å². The third kappa shape index (κ3) is 2.68. The minimum atomic E-state index is -0.631. The van der Waals surface area contributed by atoms with Crippen LogP contribution in [0.1, 0.15) is 22.9 Å². The van der Waals surface area contributed by atoms with Crippen LogP contribution in [0.2, 0.25) is 0 Å². The van der Waals surface area contributed by atoms with Gasteiger partial charge in [-0.05, 0) is 24.6 Å². The molecule has 0 saturated carbocycles. The number of aliphatic hydroxyl groups is 1. The predicted octanol–water partition coefficient (Wildman–Crippen LogP) is 3.21. The van der Waals surface area contributed by atoms with Gasteiger partial charge in [-0.3, -0.25) is 4.98 Å². The number of aliphatic hydroxyl groups excluding tert-OH is 1. The average molecular weight is 264 g/mol. The third-order valence-corrected chi connectivity index (χ3v) is 3.32. The quantitative estimate of drug-likeness (QED) is 0.790. The first-order valence-electron chi connectivity index (χ1n) is 6.68. The average Bonchev–Trinajstić information content (AvgIpc) is 2.47. The summed E-state index contributed by atoms with van der Waals surface area (Å²) in [5.74, 6) is 0. The second-order valence-electron chi connectivity index (χ2n) is 4.99. The normalized spacial score (nSPS) is 12.5. The number of benzene rings is 2. The summed E-state index contributed by atoms with van der Waals surface area (Å²) < 4.78 is 0. The van der Waals surface area contributed by atoms with Gasteiger partial charge >= 0.3 is 0 Å². The van der Waals surface area contributed by atoms with E-state index < -0.39 is 6.10 Å². The van der Waals surface area contributed by atoms with Gasteiger partial charge in [-0.25, -0.2) is 4.98 Å². The number of hydrogen-bond donors (Lipinski definition) is 1. The molecule has 3 heteroatoms. The predicted molar refractivity (Wildman–Crippen MR) is 79.4 cm³/mol. The van der Waals surface area contributed by atoms with Crippen molar-refractivity contribution in [3.05, 3.63) is 71.5 Å². The number of hydrogen-bond acceptors (Lipinski definition) is 3. The van der Waals surface area contributed by atoms with E-state index in [9.17, 15) is 5.11 Å². The lowest BCUT2D eigenvalue weighted by Crippen LogP contribution is -2.05. The van der Waals surface area contributed by atoms with Gasteiger partial charge in [0.05, 0.1) is 22.9 Å². The molecular formula is C17H16N2O. The molecule has 1 atom stereocenters. The van der Waals surface area contributed by atoms with Crippen molar-refractivity contribution in [2.45, 2.75) is 19.4 Å². The number of fused-ring (bicyclic) bond motifs is 1. The lowest BCUT2D eigenvalue weighted by molar-refractivity contribution is 0.173. The van der Waals surface area contributed by atoms with Crippen molar-refractivity contribution < 1.29 is 5.11 Å². The van der Waals surface area contributed by atoms with E-state index in [1.165, 1.54) is 5.56 Å². The van der Waals surface area contributed by atoms with Crippen molar-refractivity contribution in [2.75, 3.05) is 0 Å². The molecule has 0 bridgehead atoms. The van der Waals surface area contributed by atoms with Gasteiger partial charge in [0, 0.05) is 6.42 Å². The Morgan fingerprint density at radius 2 is 1.85 bits per heavy atom. The topological polar surface area (TPSA) is 46.0 Å². The van der Waals surface area contributed by atoms with Gasteiger partial charge in [-0.1, -0.05) is 42.0 Å². The molecule has 0 aliphatic heterocycles. The Balaban J connectivity index is 1.86. The summed E-state index contributed by atoms with van der Waals surface area (Å²) in [6.45, 7) is 2.05. The molecule has 1 heterocycles. The summed E-state index contributed by atoms with van der Waals surface area (Å²) in [6, 6.07) is 15.8. The van der Waals surface area contributed by atoms with Crippen LogP contribution in [0.3, 0.4) is 0 Å². The Morgan fingerprint density at radius 1 is 1.05 bits per heavy atom. The smallest absolute Gasteiger partial charge is 0.102 e. The molecule has 1 aromatic heterocycles. The van der Waals surface area contributed by atoms with Crippen molar-refractivity contribution in [3.8, 4) is 0 Å². The highest BCUT2D eigenvalue weighted by Gasteiger charge is 2.11. The number of nitrogens with zero attached hydrogens (tertiary/aromatic N) is 2. The zero-order valence-corrected chi connectivity index (χ0v) is 11.3. The molecule has 1 N–H and O–H groups in total. The minimum Gasteiger partial charge on any atom is -0.386 e. The Hall–Kier alpha value is -2.26. The number of aryl methyl sites for hydroxylation is 1. The van der Waals surface area contributed by atoms with Gasteiger partial charge < -0.3 is 5.11 Å². The second kappa shape index (κ2) is 5.39. The monoisotopic (exact) mass is 264 g/mol. The van der Waals surface area contributed by atoms with E-state index in [4.69, 9.17) is 0 Å². The Bertz CT molecular complexity index is 740. The maximum absolute atomic E-state index is 10.3. The first kappa shape index (κ1) is 12.8. The summed E-state index contributed by atoms with van der Waals surface area (Å²) in [7, 11) is 0. The molecule has 3 nitrogen and oxygen atoms in total. The van der Waals surface area contributed by atoms with Crippen LogP contribution in [-0.4, -0.2) is 15.1 Å². The fourth-order valence-corrected chi connectivity index (χ4v) is 2.30. The molecule has 0 fully saturated rings. The Labute approximate surface area is 117 Å². The van der Waals surface area contributed by atoms with Crippen molar-refractivity contribution in [2.24, 2.45) is 0 Å². The summed E-state index contributed by atoms with van der Waals surface area (Å²) in [5, 5.41) is 10.3. The van der Waals surface area contributed by atoms with Crippen molar-refractivity contribution in [1.29, 1.82) is 0 Å². The van der Waals surface area contributed by atoms with Crippen molar-refractivity contribution in [1.82, 2.24) is 9.97 Å². The largest absolute Gasteiger partial charge is 0.386 e. The molecule has 20 heavy (non-hydrogen) atoms. The van der Waals surface area contributed by atoms with Crippen molar-refractivity contribution in [3.63, 3.8) is 0 Å². The van der Waals surface area contributed by atoms with E-state index in [0.29, 0.717) is 12.1 Å². The van der Waals surface area contributed by atoms with Gasteiger partial charge in [0.1, 0.15) is 6.10 Å². The lowest BCUT2D eigenvalue weighted by atomic mass is 10.0.